The van der Waals surface area contributed by atoms with Crippen LogP contribution < -0.4 is 5.32 Å². The van der Waals surface area contributed by atoms with E-state index in [4.69, 9.17) is 0 Å². The van der Waals surface area contributed by atoms with Gasteiger partial charge in [0.05, 0.1) is 30.1 Å². The lowest BCUT2D eigenvalue weighted by Gasteiger charge is -2.33. The van der Waals surface area contributed by atoms with Crippen LogP contribution in [0.1, 0.15) is 19.3 Å². The van der Waals surface area contributed by atoms with Crippen LogP contribution in [0.25, 0.3) is 0 Å². The number of rotatable bonds is 4. The van der Waals surface area contributed by atoms with Gasteiger partial charge in [0, 0.05) is 0 Å². The third-order valence-electron chi connectivity index (χ3n) is 2.75. The molecule has 1 aliphatic carbocycles. The Kier molecular flexibility index (Phi) is 5.23. The van der Waals surface area contributed by atoms with Gasteiger partial charge < -0.3 is 15.5 Å². The summed E-state index contributed by atoms with van der Waals surface area (Å²) < 4.78 is 12.0. The Hall–Kier alpha value is -1.28. The Balaban J connectivity index is 2.56. The molecule has 0 aromatic rings. The van der Waals surface area contributed by atoms with Crippen LogP contribution in [0.15, 0.2) is 5.29 Å². The molecule has 2 atom stereocenters. The van der Waals surface area contributed by atoms with Crippen molar-refractivity contribution in [2.45, 2.75) is 37.5 Å². The van der Waals surface area contributed by atoms with Gasteiger partial charge in [0.1, 0.15) is 6.67 Å². The molecule has 0 aromatic heterocycles. The predicted molar refractivity (Wildman–Crippen MR) is 56.7 cm³/mol. The predicted octanol–water partition coefficient (Wildman–Crippen LogP) is -0.0768. The molecule has 0 unspecified atom stereocenters. The number of nitrogens with one attached hydrogen (secondary N) is 1. The van der Waals surface area contributed by atoms with E-state index in [1.807, 2.05) is 0 Å². The molecule has 1 aliphatic rings. The molecule has 3 N–H and O–H groups in total. The van der Waals surface area contributed by atoms with E-state index < -0.39 is 37.5 Å². The Morgan fingerprint density at radius 2 is 2.00 bits per heavy atom. The summed E-state index contributed by atoms with van der Waals surface area (Å²) in [7, 11) is 0. The number of hydrogen-bond acceptors (Lipinski definition) is 5. The maximum absolute atomic E-state index is 12.0. The molecule has 1 fully saturated rings. The van der Waals surface area contributed by atoms with Gasteiger partial charge in [-0.25, -0.2) is 9.18 Å². The molecule has 1 saturated carbocycles. The highest BCUT2D eigenvalue weighted by Crippen LogP contribution is 2.19. The van der Waals surface area contributed by atoms with Crippen LogP contribution in [-0.2, 0) is 0 Å². The van der Waals surface area contributed by atoms with Gasteiger partial charge in [0.25, 0.3) is 0 Å². The molecule has 2 amide bonds. The zero-order valence-electron chi connectivity index (χ0n) is 9.25. The third kappa shape index (κ3) is 3.60. The minimum atomic E-state index is -0.914. The minimum Gasteiger partial charge on any atom is -0.391 e. The molecule has 1 rings (SSSR count). The fourth-order valence-electron chi connectivity index (χ4n) is 1.82. The number of nitroso groups, excluding NO2 is 1. The zero-order chi connectivity index (χ0) is 12.8. The Bertz CT molecular complexity index is 269. The van der Waals surface area contributed by atoms with Gasteiger partial charge in [-0.15, -0.1) is 4.91 Å². The van der Waals surface area contributed by atoms with Gasteiger partial charge in [0.15, 0.2) is 0 Å². The smallest absolute Gasteiger partial charge is 0.340 e. The fraction of sp³-hybridized carbons (Fsp3) is 0.889. The number of halogens is 1. The van der Waals surface area contributed by atoms with Crippen LogP contribution in [0.5, 0.6) is 0 Å². The number of aliphatic hydroxyl groups is 2. The van der Waals surface area contributed by atoms with Crippen LogP contribution in [0.2, 0.25) is 0 Å². The Morgan fingerprint density at radius 3 is 2.47 bits per heavy atom. The van der Waals surface area contributed by atoms with Crippen LogP contribution >= 0.6 is 0 Å². The first-order chi connectivity index (χ1) is 8.10. The second kappa shape index (κ2) is 6.45. The van der Waals surface area contributed by atoms with Crippen molar-refractivity contribution in [2.75, 3.05) is 13.2 Å². The van der Waals surface area contributed by atoms with Crippen molar-refractivity contribution in [3.63, 3.8) is 0 Å². The molecule has 17 heavy (non-hydrogen) atoms. The van der Waals surface area contributed by atoms with Gasteiger partial charge in [-0.2, -0.15) is 5.01 Å². The average molecular weight is 249 g/mol. The topological polar surface area (TPSA) is 102 Å². The maximum atomic E-state index is 12.0. The molecule has 7 nitrogen and oxygen atoms in total. The van der Waals surface area contributed by atoms with Crippen molar-refractivity contribution < 1.29 is 19.4 Å². The molecule has 0 bridgehead atoms. The van der Waals surface area contributed by atoms with Gasteiger partial charge in [0.2, 0.25) is 0 Å². The first-order valence-electron chi connectivity index (χ1n) is 5.43. The van der Waals surface area contributed by atoms with Gasteiger partial charge in [-0.3, -0.25) is 0 Å². The quantitative estimate of drug-likeness (QED) is 0.479. The molecule has 8 heteroatoms. The van der Waals surface area contributed by atoms with Gasteiger partial charge in [-0.1, -0.05) is 0 Å². The first-order valence-corrected chi connectivity index (χ1v) is 5.43. The lowest BCUT2D eigenvalue weighted by atomic mass is 9.90. The number of alkyl halides is 1. The number of aliphatic hydroxyl groups excluding tert-OH is 2. The van der Waals surface area contributed by atoms with Crippen LogP contribution in [-0.4, -0.2) is 52.7 Å². The molecular weight excluding hydrogens is 233 g/mol. The molecular formula is C9H16FN3O4. The summed E-state index contributed by atoms with van der Waals surface area (Å²) in [5, 5.41) is 24.2. The van der Waals surface area contributed by atoms with E-state index in [9.17, 15) is 24.3 Å². The first kappa shape index (κ1) is 13.8. The third-order valence-corrected chi connectivity index (χ3v) is 2.75. The van der Waals surface area contributed by atoms with E-state index in [0.29, 0.717) is 24.3 Å². The van der Waals surface area contributed by atoms with E-state index >= 15 is 0 Å². The Labute approximate surface area is 97.5 Å². The monoisotopic (exact) mass is 249 g/mol. The molecule has 98 valence electrons. The lowest BCUT2D eigenvalue weighted by Crippen LogP contribution is -2.55. The maximum Gasteiger partial charge on any atom is 0.340 e. The minimum absolute atomic E-state index is 0.383. The number of hydrogen-bond donors (Lipinski definition) is 3. The molecule has 0 aromatic carbocycles. The van der Waals surface area contributed by atoms with Crippen molar-refractivity contribution in [2.24, 2.45) is 5.29 Å². The van der Waals surface area contributed by atoms with Crippen molar-refractivity contribution in [1.29, 1.82) is 0 Å². The second-order valence-corrected chi connectivity index (χ2v) is 3.93. The normalized spacial score (nSPS) is 25.4. The summed E-state index contributed by atoms with van der Waals surface area (Å²) in [5.41, 5.74) is 0. The summed E-state index contributed by atoms with van der Waals surface area (Å²) in [4.78, 5) is 21.7. The van der Waals surface area contributed by atoms with E-state index in [0.717, 1.165) is 0 Å². The van der Waals surface area contributed by atoms with Crippen LogP contribution in [0.4, 0.5) is 9.18 Å². The van der Waals surface area contributed by atoms with Crippen molar-refractivity contribution >= 4 is 6.03 Å². The fourth-order valence-corrected chi connectivity index (χ4v) is 1.82. The number of urea groups is 1. The highest BCUT2D eigenvalue weighted by molar-refractivity contribution is 5.74. The summed E-state index contributed by atoms with van der Waals surface area (Å²) in [5.74, 6) is 0. The van der Waals surface area contributed by atoms with Crippen LogP contribution in [0, 0.1) is 4.91 Å². The number of carbonyl (C=O) groups is 1. The van der Waals surface area contributed by atoms with Gasteiger partial charge >= 0.3 is 6.03 Å². The highest BCUT2D eigenvalue weighted by Gasteiger charge is 2.33. The summed E-state index contributed by atoms with van der Waals surface area (Å²) >= 11 is 0. The zero-order valence-corrected chi connectivity index (χ0v) is 9.25. The van der Waals surface area contributed by atoms with E-state index in [1.54, 1.807) is 0 Å². The molecule has 0 saturated heterocycles. The lowest BCUT2D eigenvalue weighted by molar-refractivity contribution is 0.00407. The van der Waals surface area contributed by atoms with Crippen molar-refractivity contribution in [3.05, 3.63) is 4.91 Å². The highest BCUT2D eigenvalue weighted by atomic mass is 19.1. The van der Waals surface area contributed by atoms with Gasteiger partial charge in [-0.05, 0) is 19.3 Å². The van der Waals surface area contributed by atoms with E-state index in [2.05, 4.69) is 10.6 Å². The standard InChI is InChI=1S/C9H16FN3O4/c10-4-5-13(12-17)9(16)11-8-6(14)2-1-3-7(8)15/h6-8,14-15H,1-5H2,(H,11,16)/t6-,7-/m0/s1. The van der Waals surface area contributed by atoms with Crippen LogP contribution in [0.3, 0.4) is 0 Å². The number of carbonyl (C=O) groups excluding carboxylic acids is 1. The van der Waals surface area contributed by atoms with E-state index in [-0.39, 0.29) is 0 Å². The summed E-state index contributed by atoms with van der Waals surface area (Å²) in [6.45, 7) is -1.34. The average Bonchev–Trinajstić information content (AvgIpc) is 2.30. The second-order valence-electron chi connectivity index (χ2n) is 3.93. The van der Waals surface area contributed by atoms with E-state index in [1.165, 1.54) is 0 Å². The molecule has 0 spiro atoms. The number of nitrogens with zero attached hydrogens (tertiary/aromatic N) is 2. The largest absolute Gasteiger partial charge is 0.391 e. The summed E-state index contributed by atoms with van der Waals surface area (Å²) in [6, 6.07) is -1.76. The Morgan fingerprint density at radius 1 is 1.41 bits per heavy atom. The molecule has 0 aliphatic heterocycles. The van der Waals surface area contributed by atoms with Crippen molar-refractivity contribution in [3.8, 4) is 0 Å². The number of amides is 2. The summed E-state index contributed by atoms with van der Waals surface area (Å²) in [6.07, 6.45) is -0.170. The SMILES string of the molecule is O=NN(CCF)C(=O)NC1[C@@H](O)CCC[C@@H]1O. The molecule has 0 radical (unpaired) electrons. The molecule has 0 heterocycles. The van der Waals surface area contributed by atoms with Crippen molar-refractivity contribution in [1.82, 2.24) is 10.3 Å².